The summed E-state index contributed by atoms with van der Waals surface area (Å²) in [5.74, 6) is 0.947. The number of ether oxygens (including phenoxy) is 1. The highest BCUT2D eigenvalue weighted by Gasteiger charge is 2.08. The first-order valence-corrected chi connectivity index (χ1v) is 7.39. The maximum atomic E-state index is 5.63. The molecule has 0 aromatic carbocycles. The average molecular weight is 208 g/mol. The van der Waals surface area contributed by atoms with E-state index in [0.717, 1.165) is 18.4 Å². The minimum Gasteiger partial charge on any atom is -0.398 e. The fourth-order valence-electron chi connectivity index (χ4n) is 1.00. The molecule has 4 heteroatoms. The van der Waals surface area contributed by atoms with E-state index >= 15 is 0 Å². The molecule has 12 heavy (non-hydrogen) atoms. The highest BCUT2D eigenvalue weighted by Crippen LogP contribution is 2.05. The molecule has 0 fully saturated rings. The molecule has 0 amide bonds. The van der Waals surface area contributed by atoms with Crippen LogP contribution in [0.15, 0.2) is 0 Å². The summed E-state index contributed by atoms with van der Waals surface area (Å²) in [6.07, 6.45) is 1.22. The molecule has 0 saturated heterocycles. The van der Waals surface area contributed by atoms with Crippen molar-refractivity contribution in [3.05, 3.63) is 0 Å². The Balaban J connectivity index is 3.34. The van der Waals surface area contributed by atoms with Gasteiger partial charge in [0.25, 0.3) is 0 Å². The van der Waals surface area contributed by atoms with E-state index < -0.39 is 9.04 Å². The highest BCUT2D eigenvalue weighted by molar-refractivity contribution is 7.80. The Morgan fingerprint density at radius 3 is 2.50 bits per heavy atom. The molecule has 0 radical (unpaired) electrons. The van der Waals surface area contributed by atoms with Gasteiger partial charge in [-0.25, -0.2) is 0 Å². The molecule has 1 unspecified atom stereocenters. The predicted octanol–water partition coefficient (Wildman–Crippen LogP) is 2.06. The Morgan fingerprint density at radius 1 is 1.25 bits per heavy atom. The zero-order valence-electron chi connectivity index (χ0n) is 8.08. The molecule has 0 bridgehead atoms. The van der Waals surface area contributed by atoms with E-state index in [1.165, 1.54) is 12.5 Å². The number of hydrogen-bond acceptors (Lipinski definition) is 3. The minimum atomic E-state index is -0.967. The third kappa shape index (κ3) is 7.15. The normalized spacial score (nSPS) is 13.2. The zero-order valence-corrected chi connectivity index (χ0v) is 10.1. The lowest BCUT2D eigenvalue weighted by Gasteiger charge is -2.13. The summed E-state index contributed by atoms with van der Waals surface area (Å²) >= 11 is 4.21. The van der Waals surface area contributed by atoms with Gasteiger partial charge in [-0.05, 0) is 24.8 Å². The van der Waals surface area contributed by atoms with Crippen LogP contribution in [-0.4, -0.2) is 28.2 Å². The van der Waals surface area contributed by atoms with E-state index in [2.05, 4.69) is 19.6 Å². The third-order valence-corrected chi connectivity index (χ3v) is 5.16. The van der Waals surface area contributed by atoms with Crippen molar-refractivity contribution in [1.82, 2.24) is 0 Å². The van der Waals surface area contributed by atoms with Gasteiger partial charge in [-0.2, -0.15) is 12.6 Å². The number of thiol groups is 1. The maximum Gasteiger partial charge on any atom is 0.180 e. The van der Waals surface area contributed by atoms with Crippen LogP contribution in [0.4, 0.5) is 0 Å². The van der Waals surface area contributed by atoms with E-state index in [9.17, 15) is 0 Å². The lowest BCUT2D eigenvalue weighted by atomic mass is 10.6. The summed E-state index contributed by atoms with van der Waals surface area (Å²) in [6, 6.07) is 2.40. The van der Waals surface area contributed by atoms with Gasteiger partial charge in [0.1, 0.15) is 6.79 Å². The minimum absolute atomic E-state index is 0.487. The van der Waals surface area contributed by atoms with Crippen LogP contribution in [0.3, 0.4) is 0 Å². The summed E-state index contributed by atoms with van der Waals surface area (Å²) in [6.45, 7) is 5.41. The molecule has 0 rings (SSSR count). The van der Waals surface area contributed by atoms with Gasteiger partial charge in [0.05, 0.1) is 0 Å². The van der Waals surface area contributed by atoms with Crippen LogP contribution in [0.2, 0.25) is 12.1 Å². The quantitative estimate of drug-likeness (QED) is 0.285. The van der Waals surface area contributed by atoms with Gasteiger partial charge >= 0.3 is 0 Å². The second-order valence-corrected chi connectivity index (χ2v) is 5.88. The summed E-state index contributed by atoms with van der Waals surface area (Å²) in [5, 5.41) is 0. The van der Waals surface area contributed by atoms with Gasteiger partial charge < -0.3 is 9.16 Å². The largest absolute Gasteiger partial charge is 0.398 e. The van der Waals surface area contributed by atoms with E-state index in [1.807, 2.05) is 6.92 Å². The molecule has 0 aliphatic heterocycles. The maximum absolute atomic E-state index is 5.63. The van der Waals surface area contributed by atoms with Gasteiger partial charge in [0, 0.05) is 6.61 Å². The Morgan fingerprint density at radius 2 is 2.00 bits per heavy atom. The topological polar surface area (TPSA) is 18.5 Å². The SMILES string of the molecule is CCC[SiH](CCS)OCOCC. The monoisotopic (exact) mass is 208 g/mol. The van der Waals surface area contributed by atoms with Crippen molar-refractivity contribution < 1.29 is 9.16 Å². The molecule has 0 saturated carbocycles. The van der Waals surface area contributed by atoms with Crippen LogP contribution in [0.25, 0.3) is 0 Å². The van der Waals surface area contributed by atoms with Crippen molar-refractivity contribution in [2.75, 3.05) is 19.2 Å². The summed E-state index contributed by atoms with van der Waals surface area (Å²) in [5.41, 5.74) is 0. The van der Waals surface area contributed by atoms with Crippen LogP contribution < -0.4 is 0 Å². The lowest BCUT2D eigenvalue weighted by molar-refractivity contribution is 0.0200. The Bertz CT molecular complexity index is 87.1. The molecule has 0 heterocycles. The standard InChI is InChI=1S/C8H20O2SSi/c1-3-6-12(7-5-11)10-8-9-4-2/h11-12H,3-8H2,1-2H3. The highest BCUT2D eigenvalue weighted by atomic mass is 32.1. The van der Waals surface area contributed by atoms with Gasteiger partial charge in [0.2, 0.25) is 0 Å². The Hall–Kier alpha value is 0.487. The molecular formula is C8H20O2SSi. The first kappa shape index (κ1) is 12.5. The van der Waals surface area contributed by atoms with Crippen molar-refractivity contribution in [2.45, 2.75) is 32.4 Å². The van der Waals surface area contributed by atoms with Crippen molar-refractivity contribution in [1.29, 1.82) is 0 Å². The summed E-state index contributed by atoms with van der Waals surface area (Å²) < 4.78 is 10.8. The van der Waals surface area contributed by atoms with Crippen LogP contribution >= 0.6 is 12.6 Å². The Kier molecular flexibility index (Phi) is 9.96. The van der Waals surface area contributed by atoms with Gasteiger partial charge in [-0.15, -0.1) is 0 Å². The molecule has 0 N–H and O–H groups in total. The molecule has 0 aromatic rings. The van der Waals surface area contributed by atoms with Crippen LogP contribution in [-0.2, 0) is 9.16 Å². The molecule has 0 aliphatic rings. The smallest absolute Gasteiger partial charge is 0.180 e. The molecule has 2 nitrogen and oxygen atoms in total. The second kappa shape index (κ2) is 9.57. The van der Waals surface area contributed by atoms with Crippen LogP contribution in [0.1, 0.15) is 20.3 Å². The molecule has 0 spiro atoms. The zero-order chi connectivity index (χ0) is 9.23. The fraction of sp³-hybridized carbons (Fsp3) is 1.00. The summed E-state index contributed by atoms with van der Waals surface area (Å²) in [4.78, 5) is 0. The van der Waals surface area contributed by atoms with Gasteiger partial charge in [0.15, 0.2) is 9.04 Å². The fourth-order valence-corrected chi connectivity index (χ4v) is 3.71. The molecule has 0 aliphatic carbocycles. The first-order valence-electron chi connectivity index (χ1n) is 4.65. The van der Waals surface area contributed by atoms with E-state index in [1.54, 1.807) is 0 Å². The van der Waals surface area contributed by atoms with E-state index in [0.29, 0.717) is 6.79 Å². The second-order valence-electron chi connectivity index (χ2n) is 2.70. The lowest BCUT2D eigenvalue weighted by Crippen LogP contribution is -2.19. The van der Waals surface area contributed by atoms with Crippen molar-refractivity contribution in [3.63, 3.8) is 0 Å². The van der Waals surface area contributed by atoms with Crippen molar-refractivity contribution in [3.8, 4) is 0 Å². The summed E-state index contributed by atoms with van der Waals surface area (Å²) in [7, 11) is -0.967. The van der Waals surface area contributed by atoms with Crippen LogP contribution in [0, 0.1) is 0 Å². The van der Waals surface area contributed by atoms with Crippen molar-refractivity contribution >= 4 is 21.7 Å². The average Bonchev–Trinajstić information content (AvgIpc) is 2.06. The molecular weight excluding hydrogens is 188 g/mol. The third-order valence-electron chi connectivity index (χ3n) is 1.65. The first-order chi connectivity index (χ1) is 5.85. The van der Waals surface area contributed by atoms with Crippen LogP contribution in [0.5, 0.6) is 0 Å². The van der Waals surface area contributed by atoms with E-state index in [4.69, 9.17) is 9.16 Å². The molecule has 1 atom stereocenters. The number of rotatable bonds is 8. The molecule has 0 aromatic heterocycles. The van der Waals surface area contributed by atoms with Crippen molar-refractivity contribution in [2.24, 2.45) is 0 Å². The molecule has 74 valence electrons. The number of hydrogen-bond donors (Lipinski definition) is 1. The predicted molar refractivity (Wildman–Crippen MR) is 58.5 cm³/mol. The van der Waals surface area contributed by atoms with E-state index in [-0.39, 0.29) is 0 Å². The Labute approximate surface area is 82.8 Å². The van der Waals surface area contributed by atoms with Gasteiger partial charge in [-0.3, -0.25) is 0 Å². The van der Waals surface area contributed by atoms with Gasteiger partial charge in [-0.1, -0.05) is 13.3 Å².